The van der Waals surface area contributed by atoms with Gasteiger partial charge in [0.05, 0.1) is 6.04 Å². The minimum absolute atomic E-state index is 0.0600. The van der Waals surface area contributed by atoms with E-state index in [4.69, 9.17) is 0 Å². The normalized spacial score (nSPS) is 21.9. The lowest BCUT2D eigenvalue weighted by Gasteiger charge is -2.38. The lowest BCUT2D eigenvalue weighted by Crippen LogP contribution is -2.54. The first-order valence-electron chi connectivity index (χ1n) is 6.30. The third-order valence-electron chi connectivity index (χ3n) is 3.64. The summed E-state index contributed by atoms with van der Waals surface area (Å²) in [5.74, 6) is 0.228. The number of hydrogen-bond donors (Lipinski definition) is 1. The van der Waals surface area contributed by atoms with E-state index in [2.05, 4.69) is 24.1 Å². The SMILES string of the molecule is CCC(C)N1CCN(C(=O)C(C)NC)CC1. The quantitative estimate of drug-likeness (QED) is 0.761. The minimum atomic E-state index is -0.0600. The van der Waals surface area contributed by atoms with Crippen LogP contribution in [0.3, 0.4) is 0 Å². The van der Waals surface area contributed by atoms with E-state index >= 15 is 0 Å². The molecule has 1 N–H and O–H groups in total. The molecule has 4 heteroatoms. The number of nitrogens with zero attached hydrogens (tertiary/aromatic N) is 2. The molecule has 0 bridgehead atoms. The molecule has 1 amide bonds. The van der Waals surface area contributed by atoms with E-state index in [1.165, 1.54) is 6.42 Å². The van der Waals surface area contributed by atoms with Gasteiger partial charge in [0.25, 0.3) is 0 Å². The van der Waals surface area contributed by atoms with Gasteiger partial charge in [-0.15, -0.1) is 0 Å². The van der Waals surface area contributed by atoms with Gasteiger partial charge in [0, 0.05) is 32.2 Å². The highest BCUT2D eigenvalue weighted by atomic mass is 16.2. The summed E-state index contributed by atoms with van der Waals surface area (Å²) < 4.78 is 0. The molecule has 0 aliphatic carbocycles. The summed E-state index contributed by atoms with van der Waals surface area (Å²) in [6.07, 6.45) is 1.18. The van der Waals surface area contributed by atoms with Crippen LogP contribution >= 0.6 is 0 Å². The number of amides is 1. The smallest absolute Gasteiger partial charge is 0.239 e. The molecular weight excluding hydrogens is 202 g/mol. The van der Waals surface area contributed by atoms with Gasteiger partial charge in [0.15, 0.2) is 0 Å². The molecule has 0 aromatic heterocycles. The highest BCUT2D eigenvalue weighted by molar-refractivity contribution is 5.81. The summed E-state index contributed by atoms with van der Waals surface area (Å²) in [7, 11) is 1.83. The zero-order chi connectivity index (χ0) is 12.1. The van der Waals surface area contributed by atoms with Crippen molar-refractivity contribution in [1.82, 2.24) is 15.1 Å². The number of carbonyl (C=O) groups is 1. The van der Waals surface area contributed by atoms with Gasteiger partial charge < -0.3 is 10.2 Å². The number of hydrogen-bond acceptors (Lipinski definition) is 3. The lowest BCUT2D eigenvalue weighted by atomic mass is 10.1. The van der Waals surface area contributed by atoms with Crippen molar-refractivity contribution in [2.45, 2.75) is 39.3 Å². The van der Waals surface area contributed by atoms with Crippen LogP contribution in [0.2, 0.25) is 0 Å². The Morgan fingerprint density at radius 2 is 1.81 bits per heavy atom. The first kappa shape index (κ1) is 13.5. The fourth-order valence-electron chi connectivity index (χ4n) is 2.04. The van der Waals surface area contributed by atoms with Gasteiger partial charge in [-0.25, -0.2) is 0 Å². The molecule has 1 saturated heterocycles. The lowest BCUT2D eigenvalue weighted by molar-refractivity contribution is -0.134. The molecule has 2 unspecified atom stereocenters. The molecular formula is C12H25N3O. The third kappa shape index (κ3) is 3.19. The van der Waals surface area contributed by atoms with E-state index < -0.39 is 0 Å². The number of carbonyl (C=O) groups excluding carboxylic acids is 1. The molecule has 94 valence electrons. The van der Waals surface area contributed by atoms with Crippen molar-refractivity contribution in [3.8, 4) is 0 Å². The van der Waals surface area contributed by atoms with Crippen molar-refractivity contribution < 1.29 is 4.79 Å². The standard InChI is InChI=1S/C12H25N3O/c1-5-10(2)14-6-8-15(9-7-14)12(16)11(3)13-4/h10-11,13H,5-9H2,1-4H3. The van der Waals surface area contributed by atoms with Crippen LogP contribution in [0.25, 0.3) is 0 Å². The second-order valence-corrected chi connectivity index (χ2v) is 4.63. The molecule has 0 aromatic rings. The molecule has 1 aliphatic rings. The first-order chi connectivity index (χ1) is 7.60. The fraction of sp³-hybridized carbons (Fsp3) is 0.917. The van der Waals surface area contributed by atoms with Crippen LogP contribution in [0.4, 0.5) is 0 Å². The molecule has 0 radical (unpaired) electrons. The van der Waals surface area contributed by atoms with Crippen LogP contribution in [0.5, 0.6) is 0 Å². The summed E-state index contributed by atoms with van der Waals surface area (Å²) in [5.41, 5.74) is 0. The van der Waals surface area contributed by atoms with Gasteiger partial charge in [0.1, 0.15) is 0 Å². The molecule has 0 spiro atoms. The Kier molecular flexibility index (Phi) is 5.22. The van der Waals surface area contributed by atoms with E-state index in [0.29, 0.717) is 6.04 Å². The van der Waals surface area contributed by atoms with Gasteiger partial charge >= 0.3 is 0 Å². The summed E-state index contributed by atoms with van der Waals surface area (Å²) in [6.45, 7) is 10.2. The van der Waals surface area contributed by atoms with Crippen LogP contribution < -0.4 is 5.32 Å². The molecule has 1 heterocycles. The topological polar surface area (TPSA) is 35.6 Å². The Labute approximate surface area is 99.0 Å². The summed E-state index contributed by atoms with van der Waals surface area (Å²) in [6, 6.07) is 0.578. The van der Waals surface area contributed by atoms with E-state index in [1.54, 1.807) is 0 Å². The van der Waals surface area contributed by atoms with Crippen LogP contribution in [0, 0.1) is 0 Å². The Bertz CT molecular complexity index is 224. The first-order valence-corrected chi connectivity index (χ1v) is 6.30. The van der Waals surface area contributed by atoms with E-state index in [0.717, 1.165) is 26.2 Å². The molecule has 4 nitrogen and oxygen atoms in total. The van der Waals surface area contributed by atoms with Crippen molar-refractivity contribution in [1.29, 1.82) is 0 Å². The Hall–Kier alpha value is -0.610. The van der Waals surface area contributed by atoms with Gasteiger partial charge in [-0.3, -0.25) is 9.69 Å². The van der Waals surface area contributed by atoms with Crippen molar-refractivity contribution in [2.24, 2.45) is 0 Å². The molecule has 2 atom stereocenters. The second kappa shape index (κ2) is 6.21. The zero-order valence-corrected chi connectivity index (χ0v) is 11.0. The summed E-state index contributed by atoms with van der Waals surface area (Å²) in [5, 5.41) is 3.00. The maximum absolute atomic E-state index is 11.9. The van der Waals surface area contributed by atoms with Crippen LogP contribution in [0.1, 0.15) is 27.2 Å². The largest absolute Gasteiger partial charge is 0.339 e. The van der Waals surface area contributed by atoms with Crippen molar-refractivity contribution in [2.75, 3.05) is 33.2 Å². The number of rotatable bonds is 4. The molecule has 1 fully saturated rings. The number of nitrogens with one attached hydrogen (secondary N) is 1. The molecule has 16 heavy (non-hydrogen) atoms. The fourth-order valence-corrected chi connectivity index (χ4v) is 2.04. The Morgan fingerprint density at radius 1 is 1.25 bits per heavy atom. The van der Waals surface area contributed by atoms with E-state index in [-0.39, 0.29) is 11.9 Å². The predicted molar refractivity (Wildman–Crippen MR) is 66.4 cm³/mol. The maximum Gasteiger partial charge on any atom is 0.239 e. The van der Waals surface area contributed by atoms with Gasteiger partial charge in [-0.2, -0.15) is 0 Å². The summed E-state index contributed by atoms with van der Waals surface area (Å²) in [4.78, 5) is 16.4. The van der Waals surface area contributed by atoms with Gasteiger partial charge in [0.2, 0.25) is 5.91 Å². The summed E-state index contributed by atoms with van der Waals surface area (Å²) >= 11 is 0. The highest BCUT2D eigenvalue weighted by Gasteiger charge is 2.25. The third-order valence-corrected chi connectivity index (χ3v) is 3.64. The number of likely N-dealkylation sites (N-methyl/N-ethyl adjacent to an activating group) is 1. The molecule has 0 aromatic carbocycles. The molecule has 0 saturated carbocycles. The van der Waals surface area contributed by atoms with E-state index in [9.17, 15) is 4.79 Å². The Morgan fingerprint density at radius 3 is 2.25 bits per heavy atom. The van der Waals surface area contributed by atoms with Gasteiger partial charge in [-0.05, 0) is 27.3 Å². The molecule has 1 rings (SSSR count). The van der Waals surface area contributed by atoms with Crippen LogP contribution in [-0.4, -0.2) is 61.0 Å². The average molecular weight is 227 g/mol. The van der Waals surface area contributed by atoms with Crippen molar-refractivity contribution >= 4 is 5.91 Å². The van der Waals surface area contributed by atoms with Gasteiger partial charge in [-0.1, -0.05) is 6.92 Å². The monoisotopic (exact) mass is 227 g/mol. The van der Waals surface area contributed by atoms with Crippen molar-refractivity contribution in [3.05, 3.63) is 0 Å². The zero-order valence-electron chi connectivity index (χ0n) is 11.0. The second-order valence-electron chi connectivity index (χ2n) is 4.63. The van der Waals surface area contributed by atoms with E-state index in [1.807, 2.05) is 18.9 Å². The number of piperazine rings is 1. The maximum atomic E-state index is 11.9. The molecule has 1 aliphatic heterocycles. The predicted octanol–water partition coefficient (Wildman–Crippen LogP) is 0.537. The van der Waals surface area contributed by atoms with Crippen molar-refractivity contribution in [3.63, 3.8) is 0 Å². The highest BCUT2D eigenvalue weighted by Crippen LogP contribution is 2.09. The minimum Gasteiger partial charge on any atom is -0.339 e. The average Bonchev–Trinajstić information content (AvgIpc) is 2.36. The van der Waals surface area contributed by atoms with Crippen LogP contribution in [0.15, 0.2) is 0 Å². The Balaban J connectivity index is 2.40. The van der Waals surface area contributed by atoms with Crippen LogP contribution in [-0.2, 0) is 4.79 Å².